The molecule has 0 unspecified atom stereocenters. The van der Waals surface area contributed by atoms with E-state index < -0.39 is 11.6 Å². The van der Waals surface area contributed by atoms with Crippen LogP contribution in [-0.2, 0) is 6.61 Å². The molecule has 96 valence electrons. The average Bonchev–Trinajstić information content (AvgIpc) is 2.80. The predicted molar refractivity (Wildman–Crippen MR) is 66.8 cm³/mol. The lowest BCUT2D eigenvalue weighted by atomic mass is 10.3. The maximum absolute atomic E-state index is 13.1. The third-order valence-corrected chi connectivity index (χ3v) is 2.69. The molecule has 1 heterocycles. The number of nitrogens with one attached hydrogen (secondary N) is 1. The number of ether oxygens (including phenoxy) is 1. The molecule has 1 aromatic heterocycles. The van der Waals surface area contributed by atoms with Gasteiger partial charge in [-0.15, -0.1) is 0 Å². The van der Waals surface area contributed by atoms with E-state index in [0.717, 1.165) is 12.1 Å². The molecule has 0 aliphatic rings. The fourth-order valence-electron chi connectivity index (χ4n) is 1.79. The summed E-state index contributed by atoms with van der Waals surface area (Å²) >= 11 is 0. The van der Waals surface area contributed by atoms with Crippen molar-refractivity contribution in [1.29, 1.82) is 0 Å². The number of hydrogen-bond acceptors (Lipinski definition) is 2. The van der Waals surface area contributed by atoms with Gasteiger partial charge in [0.05, 0.1) is 11.0 Å². The summed E-state index contributed by atoms with van der Waals surface area (Å²) in [6, 6.07) is 11.4. The molecule has 1 N–H and O–H groups in total. The van der Waals surface area contributed by atoms with Crippen molar-refractivity contribution >= 4 is 11.0 Å². The number of benzene rings is 2. The van der Waals surface area contributed by atoms with Crippen LogP contribution >= 0.6 is 0 Å². The fourth-order valence-corrected chi connectivity index (χ4v) is 1.79. The van der Waals surface area contributed by atoms with Crippen LogP contribution in [0, 0.1) is 11.6 Å². The van der Waals surface area contributed by atoms with Crippen LogP contribution in [0.2, 0.25) is 0 Å². The minimum absolute atomic E-state index is 0.210. The Morgan fingerprint density at radius 2 is 1.79 bits per heavy atom. The zero-order valence-corrected chi connectivity index (χ0v) is 9.86. The first-order valence-corrected chi connectivity index (χ1v) is 5.74. The average molecular weight is 260 g/mol. The van der Waals surface area contributed by atoms with Gasteiger partial charge in [0.2, 0.25) is 0 Å². The Labute approximate surface area is 107 Å². The van der Waals surface area contributed by atoms with Crippen LogP contribution in [-0.4, -0.2) is 9.97 Å². The summed E-state index contributed by atoms with van der Waals surface area (Å²) in [5, 5.41) is 0. The Balaban J connectivity index is 1.82. The molecule has 0 aliphatic heterocycles. The largest absolute Gasteiger partial charge is 0.486 e. The number of aromatic amines is 1. The van der Waals surface area contributed by atoms with E-state index in [1.807, 2.05) is 30.3 Å². The van der Waals surface area contributed by atoms with Crippen LogP contribution in [0.4, 0.5) is 8.78 Å². The molecule has 3 rings (SSSR count). The smallest absolute Gasteiger partial charge is 0.161 e. The van der Waals surface area contributed by atoms with Crippen molar-refractivity contribution in [2.75, 3.05) is 0 Å². The van der Waals surface area contributed by atoms with Gasteiger partial charge in [0.1, 0.15) is 18.2 Å². The van der Waals surface area contributed by atoms with Crippen molar-refractivity contribution in [2.24, 2.45) is 0 Å². The van der Waals surface area contributed by atoms with Crippen LogP contribution in [0.3, 0.4) is 0 Å². The number of para-hydroxylation sites is 1. The Hall–Kier alpha value is -2.43. The molecule has 0 radical (unpaired) electrons. The number of imidazole rings is 1. The molecule has 0 spiro atoms. The maximum Gasteiger partial charge on any atom is 0.161 e. The zero-order chi connectivity index (χ0) is 13.2. The normalized spacial score (nSPS) is 10.8. The highest BCUT2D eigenvalue weighted by Gasteiger charge is 2.08. The minimum Gasteiger partial charge on any atom is -0.486 e. The summed E-state index contributed by atoms with van der Waals surface area (Å²) in [6.45, 7) is 0.210. The molecule has 0 amide bonds. The maximum atomic E-state index is 13.1. The van der Waals surface area contributed by atoms with Gasteiger partial charge in [-0.2, -0.15) is 0 Å². The molecule has 5 heteroatoms. The van der Waals surface area contributed by atoms with E-state index in [4.69, 9.17) is 4.74 Å². The number of hydrogen-bond donors (Lipinski definition) is 1. The monoisotopic (exact) mass is 260 g/mol. The number of aromatic nitrogens is 2. The lowest BCUT2D eigenvalue weighted by molar-refractivity contribution is 0.297. The van der Waals surface area contributed by atoms with Crippen LogP contribution in [0.1, 0.15) is 5.82 Å². The summed E-state index contributed by atoms with van der Waals surface area (Å²) in [7, 11) is 0. The van der Waals surface area contributed by atoms with Crippen molar-refractivity contribution in [3.8, 4) is 5.75 Å². The topological polar surface area (TPSA) is 37.9 Å². The third-order valence-electron chi connectivity index (χ3n) is 2.69. The summed E-state index contributed by atoms with van der Waals surface area (Å²) in [5.41, 5.74) is 0.830. The summed E-state index contributed by atoms with van der Waals surface area (Å²) in [5.74, 6) is -0.578. The Kier molecular flexibility index (Phi) is 2.87. The second-order valence-electron chi connectivity index (χ2n) is 4.07. The lowest BCUT2D eigenvalue weighted by Gasteiger charge is -2.02. The Bertz CT molecular complexity index is 671. The third kappa shape index (κ3) is 2.40. The van der Waals surface area contributed by atoms with Crippen molar-refractivity contribution in [2.45, 2.75) is 6.61 Å². The Morgan fingerprint density at radius 3 is 2.58 bits per heavy atom. The SMILES string of the molecule is Fc1cc2nc(COc3ccccc3)[nH]c2cc1F. The molecule has 3 nitrogen and oxygen atoms in total. The molecular formula is C14H10F2N2O. The van der Waals surface area contributed by atoms with Gasteiger partial charge in [0, 0.05) is 12.1 Å². The van der Waals surface area contributed by atoms with Crippen molar-refractivity contribution in [3.63, 3.8) is 0 Å². The van der Waals surface area contributed by atoms with Gasteiger partial charge in [0.15, 0.2) is 11.6 Å². The van der Waals surface area contributed by atoms with Gasteiger partial charge in [-0.25, -0.2) is 13.8 Å². The number of fused-ring (bicyclic) bond motifs is 1. The van der Waals surface area contributed by atoms with Crippen LogP contribution in [0.5, 0.6) is 5.75 Å². The highest BCUT2D eigenvalue weighted by atomic mass is 19.2. The molecular weight excluding hydrogens is 250 g/mol. The summed E-state index contributed by atoms with van der Waals surface area (Å²) in [6.07, 6.45) is 0. The quantitative estimate of drug-likeness (QED) is 0.783. The van der Waals surface area contributed by atoms with E-state index in [0.29, 0.717) is 22.6 Å². The van der Waals surface area contributed by atoms with Crippen molar-refractivity contribution in [3.05, 3.63) is 59.9 Å². The van der Waals surface area contributed by atoms with Gasteiger partial charge in [0.25, 0.3) is 0 Å². The van der Waals surface area contributed by atoms with E-state index >= 15 is 0 Å². The fraction of sp³-hybridized carbons (Fsp3) is 0.0714. The summed E-state index contributed by atoms with van der Waals surface area (Å²) in [4.78, 5) is 7.03. The molecule has 0 saturated carbocycles. The number of rotatable bonds is 3. The molecule has 2 aromatic carbocycles. The lowest BCUT2D eigenvalue weighted by Crippen LogP contribution is -1.96. The van der Waals surface area contributed by atoms with Gasteiger partial charge in [-0.3, -0.25) is 0 Å². The number of H-pyrrole nitrogens is 1. The minimum atomic E-state index is -0.908. The van der Waals surface area contributed by atoms with Gasteiger partial charge in [-0.1, -0.05) is 18.2 Å². The molecule has 3 aromatic rings. The first-order chi connectivity index (χ1) is 9.22. The highest BCUT2D eigenvalue weighted by Crippen LogP contribution is 2.17. The molecule has 0 aliphatic carbocycles. The molecule has 0 saturated heterocycles. The second-order valence-corrected chi connectivity index (χ2v) is 4.07. The van der Waals surface area contributed by atoms with Crippen LogP contribution in [0.25, 0.3) is 11.0 Å². The standard InChI is InChI=1S/C14H10F2N2O/c15-10-6-12-13(7-11(10)16)18-14(17-12)8-19-9-4-2-1-3-5-9/h1-7H,8H2,(H,17,18). The highest BCUT2D eigenvalue weighted by molar-refractivity contribution is 5.75. The van der Waals surface area contributed by atoms with Crippen molar-refractivity contribution in [1.82, 2.24) is 9.97 Å². The molecule has 0 fully saturated rings. The zero-order valence-electron chi connectivity index (χ0n) is 9.86. The summed E-state index contributed by atoms with van der Waals surface area (Å²) < 4.78 is 31.6. The van der Waals surface area contributed by atoms with E-state index in [1.54, 1.807) is 0 Å². The first kappa shape index (κ1) is 11.6. The van der Waals surface area contributed by atoms with Crippen LogP contribution < -0.4 is 4.74 Å². The van der Waals surface area contributed by atoms with Crippen LogP contribution in [0.15, 0.2) is 42.5 Å². The predicted octanol–water partition coefficient (Wildman–Crippen LogP) is 3.42. The molecule has 0 atom stereocenters. The van der Waals surface area contributed by atoms with E-state index in [2.05, 4.69) is 9.97 Å². The van der Waals surface area contributed by atoms with E-state index in [-0.39, 0.29) is 6.61 Å². The van der Waals surface area contributed by atoms with Crippen molar-refractivity contribution < 1.29 is 13.5 Å². The number of nitrogens with zero attached hydrogens (tertiary/aromatic N) is 1. The van der Waals surface area contributed by atoms with E-state index in [1.165, 1.54) is 0 Å². The Morgan fingerprint density at radius 1 is 1.05 bits per heavy atom. The van der Waals surface area contributed by atoms with Gasteiger partial charge in [-0.05, 0) is 12.1 Å². The second kappa shape index (κ2) is 4.68. The van der Waals surface area contributed by atoms with E-state index in [9.17, 15) is 8.78 Å². The molecule has 0 bridgehead atoms. The number of halogens is 2. The molecule has 19 heavy (non-hydrogen) atoms. The van der Waals surface area contributed by atoms with Gasteiger partial charge >= 0.3 is 0 Å². The van der Waals surface area contributed by atoms with Gasteiger partial charge < -0.3 is 9.72 Å². The first-order valence-electron chi connectivity index (χ1n) is 5.74.